The van der Waals surface area contributed by atoms with Crippen LogP contribution in [0.2, 0.25) is 5.02 Å². The minimum absolute atomic E-state index is 0.749. The zero-order valence-electron chi connectivity index (χ0n) is 7.57. The molecule has 14 heavy (non-hydrogen) atoms. The van der Waals surface area contributed by atoms with E-state index in [0.29, 0.717) is 0 Å². The molecule has 2 heteroatoms. The topological polar surface area (TPSA) is 0 Å². The molecule has 0 heterocycles. The van der Waals surface area contributed by atoms with Gasteiger partial charge in [0, 0.05) is 5.02 Å². The summed E-state index contributed by atoms with van der Waals surface area (Å²) in [5, 5.41) is 0.749. The first-order valence-electron chi connectivity index (χ1n) is 4.37. The maximum Gasteiger partial charge on any atom is 0.113 e. The quantitative estimate of drug-likeness (QED) is 0.618. The summed E-state index contributed by atoms with van der Waals surface area (Å²) in [7, 11) is 5.61. The second kappa shape index (κ2) is 3.89. The van der Waals surface area contributed by atoms with Gasteiger partial charge in [0.25, 0.3) is 0 Å². The summed E-state index contributed by atoms with van der Waals surface area (Å²) in [5.74, 6) is 0. The molecule has 0 amide bonds. The van der Waals surface area contributed by atoms with Gasteiger partial charge in [-0.1, -0.05) is 53.5 Å². The Balaban J connectivity index is 2.44. The van der Waals surface area contributed by atoms with Gasteiger partial charge >= 0.3 is 0 Å². The molecule has 0 saturated heterocycles. The van der Waals surface area contributed by atoms with Gasteiger partial charge < -0.3 is 0 Å². The van der Waals surface area contributed by atoms with E-state index >= 15 is 0 Å². The maximum atomic E-state index is 5.90. The summed E-state index contributed by atoms with van der Waals surface area (Å²) in [6.07, 6.45) is 0. The van der Waals surface area contributed by atoms with E-state index in [2.05, 4.69) is 0 Å². The monoisotopic (exact) mass is 198 g/mol. The van der Waals surface area contributed by atoms with E-state index in [1.807, 2.05) is 48.5 Å². The molecule has 0 bridgehead atoms. The van der Waals surface area contributed by atoms with Gasteiger partial charge in [-0.15, -0.1) is 0 Å². The molecule has 0 nitrogen and oxygen atoms in total. The molecular weight excluding hydrogens is 190 g/mol. The smallest absolute Gasteiger partial charge is 0.0966 e. The number of hydrogen-bond acceptors (Lipinski definition) is 0. The third-order valence-electron chi connectivity index (χ3n) is 2.07. The highest BCUT2D eigenvalue weighted by Crippen LogP contribution is 2.21. The van der Waals surface area contributed by atoms with E-state index in [0.717, 1.165) is 21.6 Å². The van der Waals surface area contributed by atoms with Crippen molar-refractivity contribution in [3.05, 3.63) is 53.6 Å². The average Bonchev–Trinajstić information content (AvgIpc) is 2.19. The van der Waals surface area contributed by atoms with Gasteiger partial charge in [-0.3, -0.25) is 0 Å². The van der Waals surface area contributed by atoms with E-state index in [9.17, 15) is 0 Å². The third-order valence-corrected chi connectivity index (χ3v) is 2.30. The molecule has 0 aromatic heterocycles. The Hall–Kier alpha value is -1.21. The lowest BCUT2D eigenvalue weighted by atomic mass is 9.94. The number of benzene rings is 2. The van der Waals surface area contributed by atoms with Crippen molar-refractivity contribution in [1.29, 1.82) is 0 Å². The van der Waals surface area contributed by atoms with Gasteiger partial charge in [0.2, 0.25) is 0 Å². The van der Waals surface area contributed by atoms with Crippen molar-refractivity contribution in [3.8, 4) is 11.1 Å². The van der Waals surface area contributed by atoms with E-state index in [1.165, 1.54) is 0 Å². The van der Waals surface area contributed by atoms with Crippen LogP contribution in [-0.2, 0) is 0 Å². The minimum Gasteiger partial charge on any atom is -0.0966 e. The summed E-state index contributed by atoms with van der Waals surface area (Å²) in [6, 6.07) is 15.5. The van der Waals surface area contributed by atoms with E-state index in [1.54, 1.807) is 0 Å². The zero-order chi connectivity index (χ0) is 9.97. The standard InChI is InChI=1S/C12H8BCl/c13-11-6-4-9(5-7-11)10-2-1-3-12(14)8-10/h1-8H. The van der Waals surface area contributed by atoms with Crippen molar-refractivity contribution in [2.24, 2.45) is 0 Å². The fraction of sp³-hybridized carbons (Fsp3) is 0. The normalized spacial score (nSPS) is 10.1. The summed E-state index contributed by atoms with van der Waals surface area (Å²) >= 11 is 5.90. The predicted molar refractivity (Wildman–Crippen MR) is 62.3 cm³/mol. The van der Waals surface area contributed by atoms with Crippen LogP contribution in [0.5, 0.6) is 0 Å². The first kappa shape index (κ1) is 9.35. The van der Waals surface area contributed by atoms with Crippen LogP contribution in [-0.4, -0.2) is 7.85 Å². The first-order valence-corrected chi connectivity index (χ1v) is 4.75. The van der Waals surface area contributed by atoms with Gasteiger partial charge in [0.05, 0.1) is 0 Å². The molecule has 2 rings (SSSR count). The van der Waals surface area contributed by atoms with E-state index < -0.39 is 0 Å². The Morgan fingerprint density at radius 1 is 0.857 bits per heavy atom. The van der Waals surface area contributed by atoms with Gasteiger partial charge in [0.1, 0.15) is 7.85 Å². The average molecular weight is 198 g/mol. The Kier molecular flexibility index (Phi) is 2.60. The van der Waals surface area contributed by atoms with Crippen molar-refractivity contribution in [3.63, 3.8) is 0 Å². The third kappa shape index (κ3) is 1.99. The second-order valence-corrected chi connectivity index (χ2v) is 3.57. The summed E-state index contributed by atoms with van der Waals surface area (Å²) in [4.78, 5) is 0. The molecular formula is C12H8BCl. The lowest BCUT2D eigenvalue weighted by Gasteiger charge is -2.02. The molecule has 0 unspecified atom stereocenters. The zero-order valence-corrected chi connectivity index (χ0v) is 8.33. The summed E-state index contributed by atoms with van der Waals surface area (Å²) < 4.78 is 0. The largest absolute Gasteiger partial charge is 0.113 e. The van der Waals surface area contributed by atoms with Crippen LogP contribution in [0.15, 0.2) is 48.5 Å². The van der Waals surface area contributed by atoms with Crippen molar-refractivity contribution < 1.29 is 0 Å². The predicted octanol–water partition coefficient (Wildman–Crippen LogP) is 2.80. The Morgan fingerprint density at radius 3 is 2.21 bits per heavy atom. The molecule has 0 aliphatic heterocycles. The van der Waals surface area contributed by atoms with Crippen molar-refractivity contribution in [2.45, 2.75) is 0 Å². The SMILES string of the molecule is [B]c1ccc(-c2cccc(Cl)c2)cc1. The molecule has 0 aliphatic rings. The van der Waals surface area contributed by atoms with Crippen LogP contribution in [0.1, 0.15) is 0 Å². The fourth-order valence-corrected chi connectivity index (χ4v) is 1.53. The van der Waals surface area contributed by atoms with Crippen LogP contribution in [0.25, 0.3) is 11.1 Å². The van der Waals surface area contributed by atoms with Gasteiger partial charge in [-0.2, -0.15) is 0 Å². The molecule has 2 aromatic rings. The van der Waals surface area contributed by atoms with Gasteiger partial charge in [-0.05, 0) is 23.3 Å². The lowest BCUT2D eigenvalue weighted by Crippen LogP contribution is -1.98. The summed E-state index contributed by atoms with van der Waals surface area (Å²) in [6.45, 7) is 0. The van der Waals surface area contributed by atoms with Crippen molar-refractivity contribution in [2.75, 3.05) is 0 Å². The van der Waals surface area contributed by atoms with Crippen molar-refractivity contribution in [1.82, 2.24) is 0 Å². The van der Waals surface area contributed by atoms with Crippen molar-refractivity contribution >= 4 is 24.9 Å². The second-order valence-electron chi connectivity index (χ2n) is 3.13. The van der Waals surface area contributed by atoms with E-state index in [4.69, 9.17) is 19.4 Å². The van der Waals surface area contributed by atoms with Crippen LogP contribution < -0.4 is 5.46 Å². The first-order chi connectivity index (χ1) is 6.75. The highest BCUT2D eigenvalue weighted by atomic mass is 35.5. The van der Waals surface area contributed by atoms with E-state index in [-0.39, 0.29) is 0 Å². The number of halogens is 1. The van der Waals surface area contributed by atoms with Crippen LogP contribution >= 0.6 is 11.6 Å². The molecule has 0 atom stereocenters. The van der Waals surface area contributed by atoms with Crippen LogP contribution in [0, 0.1) is 0 Å². The number of hydrogen-bond donors (Lipinski definition) is 0. The van der Waals surface area contributed by atoms with Gasteiger partial charge in [-0.25, -0.2) is 0 Å². The Morgan fingerprint density at radius 2 is 1.57 bits per heavy atom. The lowest BCUT2D eigenvalue weighted by molar-refractivity contribution is 1.63. The Bertz CT molecular complexity index is 434. The highest BCUT2D eigenvalue weighted by molar-refractivity contribution is 6.32. The Labute approximate surface area is 89.9 Å². The van der Waals surface area contributed by atoms with Gasteiger partial charge in [0.15, 0.2) is 0 Å². The maximum absolute atomic E-state index is 5.90. The molecule has 2 radical (unpaired) electrons. The molecule has 0 fully saturated rings. The summed E-state index contributed by atoms with van der Waals surface area (Å²) in [5.41, 5.74) is 3.01. The highest BCUT2D eigenvalue weighted by Gasteiger charge is 1.96. The minimum atomic E-state index is 0.749. The number of rotatable bonds is 1. The fourth-order valence-electron chi connectivity index (χ4n) is 1.34. The van der Waals surface area contributed by atoms with Crippen LogP contribution in [0.3, 0.4) is 0 Å². The molecule has 0 aliphatic carbocycles. The molecule has 0 spiro atoms. The molecule has 0 saturated carbocycles. The molecule has 2 aromatic carbocycles. The molecule has 66 valence electrons. The molecule has 0 N–H and O–H groups in total. The van der Waals surface area contributed by atoms with Crippen LogP contribution in [0.4, 0.5) is 0 Å².